The molecule has 1 heterocycles. The van der Waals surface area contributed by atoms with Crippen LogP contribution in [0.15, 0.2) is 17.0 Å². The zero-order valence-corrected chi connectivity index (χ0v) is 10.9. The molecule has 1 unspecified atom stereocenters. The first kappa shape index (κ1) is 11.5. The van der Waals surface area contributed by atoms with Gasteiger partial charge in [0.2, 0.25) is 0 Å². The van der Waals surface area contributed by atoms with Crippen LogP contribution in [-0.2, 0) is 9.84 Å². The van der Waals surface area contributed by atoms with Crippen molar-refractivity contribution in [2.75, 3.05) is 17.7 Å². The second kappa shape index (κ2) is 3.48. The summed E-state index contributed by atoms with van der Waals surface area (Å²) in [5, 5.41) is 0. The topological polar surface area (TPSA) is 37.4 Å². The minimum Gasteiger partial charge on any atom is -0.370 e. The fraction of sp³-hybridized carbons (Fsp3) is 0.500. The molecule has 0 bridgehead atoms. The molecule has 4 heteroatoms. The summed E-state index contributed by atoms with van der Waals surface area (Å²) in [6.07, 6.45) is 0. The second-order valence-corrected chi connectivity index (χ2v) is 6.67. The normalized spacial score (nSPS) is 23.0. The van der Waals surface area contributed by atoms with Gasteiger partial charge in [-0.2, -0.15) is 0 Å². The van der Waals surface area contributed by atoms with E-state index in [0.717, 1.165) is 16.8 Å². The molecule has 1 aliphatic rings. The van der Waals surface area contributed by atoms with E-state index in [2.05, 4.69) is 4.90 Å². The van der Waals surface area contributed by atoms with Gasteiger partial charge in [0.25, 0.3) is 0 Å². The number of hydrogen-bond acceptors (Lipinski definition) is 3. The molecule has 0 fully saturated rings. The largest absolute Gasteiger partial charge is 0.370 e. The summed E-state index contributed by atoms with van der Waals surface area (Å²) < 4.78 is 24.2. The minimum absolute atomic E-state index is 0.0407. The summed E-state index contributed by atoms with van der Waals surface area (Å²) in [7, 11) is -1.15. The molecular weight excluding hydrogens is 222 g/mol. The SMILES string of the molecule is Cc1cc(C)c2c(c1)S(=O)(=O)CC(C)N2C. The molecule has 1 atom stereocenters. The van der Waals surface area contributed by atoms with E-state index >= 15 is 0 Å². The predicted octanol–water partition coefficient (Wildman–Crippen LogP) is 1.92. The number of rotatable bonds is 0. The molecule has 1 aromatic rings. The van der Waals surface area contributed by atoms with Crippen LogP contribution in [0.25, 0.3) is 0 Å². The maximum absolute atomic E-state index is 12.1. The van der Waals surface area contributed by atoms with Gasteiger partial charge in [-0.1, -0.05) is 6.07 Å². The lowest BCUT2D eigenvalue weighted by Crippen LogP contribution is -2.40. The Morgan fingerprint density at radius 1 is 1.31 bits per heavy atom. The Bertz CT molecular complexity index is 534. The Morgan fingerprint density at radius 2 is 1.94 bits per heavy atom. The first-order chi connectivity index (χ1) is 7.33. The van der Waals surface area contributed by atoms with Crippen LogP contribution in [-0.4, -0.2) is 27.3 Å². The van der Waals surface area contributed by atoms with Gasteiger partial charge in [-0.3, -0.25) is 0 Å². The van der Waals surface area contributed by atoms with Crippen molar-refractivity contribution in [1.29, 1.82) is 0 Å². The standard InChI is InChI=1S/C12H17NO2S/c1-8-5-9(2)12-11(6-8)16(14,15)7-10(3)13(12)4/h5-6,10H,7H2,1-4H3. The minimum atomic E-state index is -3.11. The predicted molar refractivity (Wildman–Crippen MR) is 65.8 cm³/mol. The lowest BCUT2D eigenvalue weighted by molar-refractivity contribution is 0.579. The maximum atomic E-state index is 12.1. The van der Waals surface area contributed by atoms with Gasteiger partial charge >= 0.3 is 0 Å². The number of benzene rings is 1. The van der Waals surface area contributed by atoms with E-state index in [4.69, 9.17) is 0 Å². The van der Waals surface area contributed by atoms with E-state index in [9.17, 15) is 8.42 Å². The lowest BCUT2D eigenvalue weighted by atomic mass is 10.1. The number of anilines is 1. The fourth-order valence-electron chi connectivity index (χ4n) is 2.35. The summed E-state index contributed by atoms with van der Waals surface area (Å²) in [6.45, 7) is 5.84. The third-order valence-corrected chi connectivity index (χ3v) is 5.12. The van der Waals surface area contributed by atoms with Crippen LogP contribution in [0.5, 0.6) is 0 Å². The van der Waals surface area contributed by atoms with Gasteiger partial charge in [0, 0.05) is 13.1 Å². The highest BCUT2D eigenvalue weighted by atomic mass is 32.2. The highest BCUT2D eigenvalue weighted by Gasteiger charge is 2.32. The van der Waals surface area contributed by atoms with Gasteiger partial charge in [0.1, 0.15) is 0 Å². The van der Waals surface area contributed by atoms with E-state index in [-0.39, 0.29) is 11.8 Å². The third-order valence-electron chi connectivity index (χ3n) is 3.22. The van der Waals surface area contributed by atoms with Crippen LogP contribution < -0.4 is 4.90 Å². The molecule has 1 aliphatic heterocycles. The Hall–Kier alpha value is -1.03. The van der Waals surface area contributed by atoms with E-state index in [0.29, 0.717) is 4.90 Å². The van der Waals surface area contributed by atoms with Gasteiger partial charge < -0.3 is 4.90 Å². The van der Waals surface area contributed by atoms with Crippen molar-refractivity contribution < 1.29 is 8.42 Å². The van der Waals surface area contributed by atoms with Crippen LogP contribution in [0.4, 0.5) is 5.69 Å². The van der Waals surface area contributed by atoms with Crippen molar-refractivity contribution in [2.45, 2.75) is 31.7 Å². The van der Waals surface area contributed by atoms with Crippen LogP contribution in [0.3, 0.4) is 0 Å². The van der Waals surface area contributed by atoms with E-state index in [1.54, 1.807) is 6.07 Å². The molecule has 2 rings (SSSR count). The average molecular weight is 239 g/mol. The summed E-state index contributed by atoms with van der Waals surface area (Å²) in [6, 6.07) is 3.85. The summed E-state index contributed by atoms with van der Waals surface area (Å²) in [5.41, 5.74) is 2.90. The molecule has 0 N–H and O–H groups in total. The van der Waals surface area contributed by atoms with Gasteiger partial charge in [0.05, 0.1) is 16.3 Å². The van der Waals surface area contributed by atoms with Crippen molar-refractivity contribution in [3.63, 3.8) is 0 Å². The molecule has 0 radical (unpaired) electrons. The summed E-state index contributed by atoms with van der Waals surface area (Å²) in [5.74, 6) is 0.208. The number of sulfone groups is 1. The molecular formula is C12H17NO2S. The first-order valence-corrected chi connectivity index (χ1v) is 7.05. The Morgan fingerprint density at radius 3 is 2.56 bits per heavy atom. The van der Waals surface area contributed by atoms with Crippen LogP contribution in [0, 0.1) is 13.8 Å². The maximum Gasteiger partial charge on any atom is 0.182 e. The molecule has 0 saturated heterocycles. The molecule has 0 aromatic heterocycles. The monoisotopic (exact) mass is 239 g/mol. The molecule has 3 nitrogen and oxygen atoms in total. The summed E-state index contributed by atoms with van der Waals surface area (Å²) in [4.78, 5) is 2.55. The zero-order chi connectivity index (χ0) is 12.1. The quantitative estimate of drug-likeness (QED) is 0.694. The fourth-order valence-corrected chi connectivity index (χ4v) is 4.35. The van der Waals surface area contributed by atoms with Gasteiger partial charge in [-0.15, -0.1) is 0 Å². The molecule has 1 aromatic carbocycles. The highest BCUT2D eigenvalue weighted by Crippen LogP contribution is 2.35. The Labute approximate surface area is 97.0 Å². The summed E-state index contributed by atoms with van der Waals surface area (Å²) >= 11 is 0. The molecule has 0 saturated carbocycles. The smallest absolute Gasteiger partial charge is 0.182 e. The van der Waals surface area contributed by atoms with Gasteiger partial charge in [0.15, 0.2) is 9.84 Å². The van der Waals surface area contributed by atoms with E-state index in [1.807, 2.05) is 33.9 Å². The van der Waals surface area contributed by atoms with E-state index < -0.39 is 9.84 Å². The van der Waals surface area contributed by atoms with Crippen LogP contribution in [0.2, 0.25) is 0 Å². The number of fused-ring (bicyclic) bond motifs is 1. The van der Waals surface area contributed by atoms with Crippen molar-refractivity contribution in [1.82, 2.24) is 0 Å². The van der Waals surface area contributed by atoms with Gasteiger partial charge in [-0.25, -0.2) is 8.42 Å². The molecule has 16 heavy (non-hydrogen) atoms. The number of aryl methyl sites for hydroxylation is 2. The molecule has 0 aliphatic carbocycles. The van der Waals surface area contributed by atoms with Crippen molar-refractivity contribution >= 4 is 15.5 Å². The van der Waals surface area contributed by atoms with Crippen molar-refractivity contribution in [3.05, 3.63) is 23.3 Å². The number of nitrogens with zero attached hydrogens (tertiary/aromatic N) is 1. The second-order valence-electron chi connectivity index (χ2n) is 4.67. The van der Waals surface area contributed by atoms with Gasteiger partial charge in [-0.05, 0) is 38.0 Å². The molecule has 88 valence electrons. The lowest BCUT2D eigenvalue weighted by Gasteiger charge is -2.35. The highest BCUT2D eigenvalue weighted by molar-refractivity contribution is 7.91. The zero-order valence-electron chi connectivity index (χ0n) is 10.1. The Kier molecular flexibility index (Phi) is 2.49. The van der Waals surface area contributed by atoms with Crippen LogP contribution in [0.1, 0.15) is 18.1 Å². The van der Waals surface area contributed by atoms with Crippen molar-refractivity contribution in [2.24, 2.45) is 0 Å². The average Bonchev–Trinajstić information content (AvgIpc) is 2.13. The Balaban J connectivity index is 2.79. The van der Waals surface area contributed by atoms with Crippen molar-refractivity contribution in [3.8, 4) is 0 Å². The molecule has 0 spiro atoms. The van der Waals surface area contributed by atoms with E-state index in [1.165, 1.54) is 0 Å². The van der Waals surface area contributed by atoms with Crippen LogP contribution >= 0.6 is 0 Å². The molecule has 0 amide bonds. The number of hydrogen-bond donors (Lipinski definition) is 0. The third kappa shape index (κ3) is 1.61. The first-order valence-electron chi connectivity index (χ1n) is 5.40.